The van der Waals surface area contributed by atoms with Gasteiger partial charge in [-0.3, -0.25) is 4.79 Å². The fourth-order valence-electron chi connectivity index (χ4n) is 1.53. The van der Waals surface area contributed by atoms with Gasteiger partial charge >= 0.3 is 11.9 Å². The Morgan fingerprint density at radius 3 is 2.88 bits per heavy atom. The molecule has 6 heteroatoms. The molecule has 0 aliphatic heterocycles. The standard InChI is InChI=1S/C11H10N2O4/c1-17-11(16)6-2-3-7-8(4-6)13-9(12-7)5-10(14)15/h2-4H,5H2,1H3,(H,12,13)(H,14,15). The maximum absolute atomic E-state index is 11.3. The van der Waals surface area contributed by atoms with Crippen LogP contribution in [0.1, 0.15) is 16.2 Å². The number of nitrogens with zero attached hydrogens (tertiary/aromatic N) is 1. The highest BCUT2D eigenvalue weighted by Gasteiger charge is 2.10. The van der Waals surface area contributed by atoms with Crippen LogP contribution < -0.4 is 0 Å². The summed E-state index contributed by atoms with van der Waals surface area (Å²) in [7, 11) is 1.30. The van der Waals surface area contributed by atoms with E-state index >= 15 is 0 Å². The van der Waals surface area contributed by atoms with Gasteiger partial charge in [0.05, 0.1) is 23.7 Å². The second-order valence-electron chi connectivity index (χ2n) is 3.48. The van der Waals surface area contributed by atoms with Crippen molar-refractivity contribution < 1.29 is 19.4 Å². The summed E-state index contributed by atoms with van der Waals surface area (Å²) >= 11 is 0. The van der Waals surface area contributed by atoms with Gasteiger partial charge in [0.15, 0.2) is 0 Å². The largest absolute Gasteiger partial charge is 0.481 e. The van der Waals surface area contributed by atoms with Crippen LogP contribution in [0.5, 0.6) is 0 Å². The minimum atomic E-state index is -0.961. The van der Waals surface area contributed by atoms with Crippen LogP contribution in [-0.4, -0.2) is 34.1 Å². The molecule has 0 atom stereocenters. The first-order valence-corrected chi connectivity index (χ1v) is 4.89. The normalized spacial score (nSPS) is 10.4. The van der Waals surface area contributed by atoms with Gasteiger partial charge in [-0.05, 0) is 18.2 Å². The topological polar surface area (TPSA) is 92.3 Å². The molecule has 1 aromatic heterocycles. The Morgan fingerprint density at radius 1 is 1.47 bits per heavy atom. The molecule has 2 aromatic rings. The van der Waals surface area contributed by atoms with Gasteiger partial charge < -0.3 is 14.8 Å². The van der Waals surface area contributed by atoms with Gasteiger partial charge in [0.25, 0.3) is 0 Å². The number of ether oxygens (including phenoxy) is 1. The lowest BCUT2D eigenvalue weighted by Crippen LogP contribution is -2.01. The van der Waals surface area contributed by atoms with Crippen molar-refractivity contribution in [2.45, 2.75) is 6.42 Å². The zero-order valence-corrected chi connectivity index (χ0v) is 9.06. The Hall–Kier alpha value is -2.37. The van der Waals surface area contributed by atoms with Crippen LogP contribution >= 0.6 is 0 Å². The molecule has 0 fully saturated rings. The second-order valence-corrected chi connectivity index (χ2v) is 3.48. The molecule has 6 nitrogen and oxygen atoms in total. The highest BCUT2D eigenvalue weighted by atomic mass is 16.5. The third-order valence-electron chi connectivity index (χ3n) is 2.27. The van der Waals surface area contributed by atoms with Crippen molar-refractivity contribution in [2.24, 2.45) is 0 Å². The molecule has 2 rings (SSSR count). The molecule has 0 amide bonds. The summed E-state index contributed by atoms with van der Waals surface area (Å²) in [4.78, 5) is 28.8. The summed E-state index contributed by atoms with van der Waals surface area (Å²) in [6, 6.07) is 4.82. The van der Waals surface area contributed by atoms with Crippen LogP contribution in [0, 0.1) is 0 Å². The summed E-state index contributed by atoms with van der Waals surface area (Å²) in [5, 5.41) is 8.64. The maximum atomic E-state index is 11.3. The predicted octanol–water partition coefficient (Wildman–Crippen LogP) is 0.977. The van der Waals surface area contributed by atoms with Gasteiger partial charge in [-0.1, -0.05) is 0 Å². The summed E-state index contributed by atoms with van der Waals surface area (Å²) < 4.78 is 4.59. The van der Waals surface area contributed by atoms with E-state index in [9.17, 15) is 9.59 Å². The highest BCUT2D eigenvalue weighted by Crippen LogP contribution is 2.14. The maximum Gasteiger partial charge on any atom is 0.337 e. The zero-order chi connectivity index (χ0) is 12.4. The minimum absolute atomic E-state index is 0.178. The number of H-pyrrole nitrogens is 1. The number of aliphatic carboxylic acids is 1. The van der Waals surface area contributed by atoms with E-state index < -0.39 is 11.9 Å². The molecule has 0 bridgehead atoms. The van der Waals surface area contributed by atoms with Gasteiger partial charge in [-0.2, -0.15) is 0 Å². The fraction of sp³-hybridized carbons (Fsp3) is 0.182. The first-order valence-electron chi connectivity index (χ1n) is 4.89. The Balaban J connectivity index is 2.40. The molecule has 88 valence electrons. The number of nitrogens with one attached hydrogen (secondary N) is 1. The number of benzene rings is 1. The number of fused-ring (bicyclic) bond motifs is 1. The van der Waals surface area contributed by atoms with Gasteiger partial charge in [-0.25, -0.2) is 9.78 Å². The smallest absolute Gasteiger partial charge is 0.337 e. The number of carboxylic acid groups (broad SMARTS) is 1. The van der Waals surface area contributed by atoms with E-state index in [1.165, 1.54) is 7.11 Å². The number of methoxy groups -OCH3 is 1. The van der Waals surface area contributed by atoms with E-state index in [1.54, 1.807) is 18.2 Å². The number of imidazole rings is 1. The SMILES string of the molecule is COC(=O)c1ccc2[nH]c(CC(=O)O)nc2c1. The Bertz CT molecular complexity index is 588. The van der Waals surface area contributed by atoms with Crippen LogP contribution in [0.2, 0.25) is 0 Å². The van der Waals surface area contributed by atoms with E-state index in [4.69, 9.17) is 5.11 Å². The lowest BCUT2D eigenvalue weighted by Gasteiger charge is -1.97. The van der Waals surface area contributed by atoms with Crippen LogP contribution in [0.25, 0.3) is 11.0 Å². The molecule has 17 heavy (non-hydrogen) atoms. The first kappa shape index (κ1) is 11.1. The van der Waals surface area contributed by atoms with Gasteiger partial charge in [0, 0.05) is 0 Å². The van der Waals surface area contributed by atoms with Gasteiger partial charge in [0.1, 0.15) is 12.2 Å². The van der Waals surface area contributed by atoms with E-state index in [-0.39, 0.29) is 6.42 Å². The van der Waals surface area contributed by atoms with Crippen LogP contribution in [0.15, 0.2) is 18.2 Å². The Morgan fingerprint density at radius 2 is 2.24 bits per heavy atom. The van der Waals surface area contributed by atoms with Crippen LogP contribution in [0.4, 0.5) is 0 Å². The molecular weight excluding hydrogens is 224 g/mol. The molecular formula is C11H10N2O4. The highest BCUT2D eigenvalue weighted by molar-refractivity contribution is 5.93. The van der Waals surface area contributed by atoms with E-state index in [0.717, 1.165) is 0 Å². The van der Waals surface area contributed by atoms with E-state index in [2.05, 4.69) is 14.7 Å². The number of aromatic nitrogens is 2. The molecule has 1 heterocycles. The third-order valence-corrected chi connectivity index (χ3v) is 2.27. The van der Waals surface area contributed by atoms with Crippen molar-refractivity contribution in [3.05, 3.63) is 29.6 Å². The van der Waals surface area contributed by atoms with Crippen molar-refractivity contribution in [2.75, 3.05) is 7.11 Å². The quantitative estimate of drug-likeness (QED) is 0.772. The molecule has 0 aliphatic rings. The third kappa shape index (κ3) is 2.25. The van der Waals surface area contributed by atoms with E-state index in [0.29, 0.717) is 22.4 Å². The molecule has 0 spiro atoms. The molecule has 0 saturated heterocycles. The predicted molar refractivity (Wildman–Crippen MR) is 58.8 cm³/mol. The van der Waals surface area contributed by atoms with Crippen molar-refractivity contribution in [1.82, 2.24) is 9.97 Å². The molecule has 2 N–H and O–H groups in total. The lowest BCUT2D eigenvalue weighted by atomic mass is 10.2. The number of carbonyl (C=O) groups is 2. The Kier molecular flexibility index (Phi) is 2.78. The summed E-state index contributed by atoms with van der Waals surface area (Å²) in [6.45, 7) is 0. The lowest BCUT2D eigenvalue weighted by molar-refractivity contribution is -0.136. The van der Waals surface area contributed by atoms with Gasteiger partial charge in [0.2, 0.25) is 0 Å². The summed E-state index contributed by atoms with van der Waals surface area (Å²) in [5.41, 5.74) is 1.62. The Labute approximate surface area is 96.2 Å². The second kappa shape index (κ2) is 4.25. The number of carbonyl (C=O) groups excluding carboxylic acids is 1. The number of carboxylic acids is 1. The molecule has 0 aliphatic carbocycles. The molecule has 1 aromatic carbocycles. The van der Waals surface area contributed by atoms with Crippen molar-refractivity contribution in [3.8, 4) is 0 Å². The summed E-state index contributed by atoms with van der Waals surface area (Å²) in [5.74, 6) is -1.05. The van der Waals surface area contributed by atoms with Crippen LogP contribution in [-0.2, 0) is 16.0 Å². The zero-order valence-electron chi connectivity index (χ0n) is 9.06. The van der Waals surface area contributed by atoms with Gasteiger partial charge in [-0.15, -0.1) is 0 Å². The van der Waals surface area contributed by atoms with E-state index in [1.807, 2.05) is 0 Å². The average Bonchev–Trinajstić information content (AvgIpc) is 2.67. The number of hydrogen-bond acceptors (Lipinski definition) is 4. The fourth-order valence-corrected chi connectivity index (χ4v) is 1.53. The van der Waals surface area contributed by atoms with Crippen molar-refractivity contribution in [3.63, 3.8) is 0 Å². The van der Waals surface area contributed by atoms with Crippen LogP contribution in [0.3, 0.4) is 0 Å². The number of esters is 1. The molecule has 0 saturated carbocycles. The van der Waals surface area contributed by atoms with Crippen molar-refractivity contribution >= 4 is 23.0 Å². The molecule has 0 radical (unpaired) electrons. The molecule has 0 unspecified atom stereocenters. The minimum Gasteiger partial charge on any atom is -0.481 e. The summed E-state index contributed by atoms with van der Waals surface area (Å²) in [6.07, 6.45) is -0.178. The average molecular weight is 234 g/mol. The monoisotopic (exact) mass is 234 g/mol. The number of aromatic amines is 1. The number of rotatable bonds is 3. The van der Waals surface area contributed by atoms with Crippen molar-refractivity contribution in [1.29, 1.82) is 0 Å². The number of hydrogen-bond donors (Lipinski definition) is 2. The first-order chi connectivity index (χ1) is 8.10.